The minimum absolute atomic E-state index is 0.800. The predicted molar refractivity (Wildman–Crippen MR) is 95.4 cm³/mol. The van der Waals surface area contributed by atoms with Crippen molar-refractivity contribution in [3.05, 3.63) is 0 Å². The molecule has 24 atom stereocenters. The van der Waals surface area contributed by atoms with Crippen LogP contribution in [0.15, 0.2) is 0 Å². The Hall–Kier alpha value is -0.0400. The van der Waals surface area contributed by atoms with E-state index in [9.17, 15) is 0 Å². The van der Waals surface area contributed by atoms with Gasteiger partial charge in [-0.15, -0.1) is 0 Å². The highest BCUT2D eigenvalue weighted by atomic mass is 15.5. The maximum Gasteiger partial charge on any atom is 0.0354 e. The summed E-state index contributed by atoms with van der Waals surface area (Å²) in [6, 6.07) is 1.03. The molecule has 1 heteroatoms. The maximum atomic E-state index is 4.64. The lowest BCUT2D eigenvalue weighted by atomic mass is 8.58. The molecule has 16 aliphatic carbocycles. The molecule has 2 saturated heterocycles. The fraction of sp³-hybridized carbons (Fsp3) is 1.00. The van der Waals surface area contributed by atoms with Crippen LogP contribution in [-0.2, 0) is 0 Å². The highest BCUT2D eigenvalue weighted by Gasteiger charge is 3.46. The molecule has 0 aromatic carbocycles. The fourth-order valence-corrected chi connectivity index (χ4v) is 26.5. The van der Waals surface area contributed by atoms with Gasteiger partial charge >= 0.3 is 0 Å². The van der Waals surface area contributed by atoms with E-state index in [1.165, 1.54) is 76.9 Å². The number of fused-ring (bicyclic) bond motifs is 11. The quantitative estimate of drug-likeness (QED) is 0.688. The molecule has 140 valence electrons. The zero-order chi connectivity index (χ0) is 16.6. The topological polar surface area (TPSA) is 12.0 Å². The second kappa shape index (κ2) is 1.78. The van der Waals surface area contributed by atoms with Crippen LogP contribution in [0.4, 0.5) is 0 Å². The highest BCUT2D eigenvalue weighted by Crippen LogP contribution is 3.46. The number of rotatable bonds is 0. The van der Waals surface area contributed by atoms with Crippen molar-refractivity contribution in [3.63, 3.8) is 0 Å². The normalized spacial score (nSPS) is 122. The first-order valence-electron chi connectivity index (χ1n) is 14.1. The summed E-state index contributed by atoms with van der Waals surface area (Å²) in [5, 5.41) is 4.64. The van der Waals surface area contributed by atoms with Crippen LogP contribution in [0.25, 0.3) is 0 Å². The molecule has 16 saturated carbocycles. The lowest BCUT2D eigenvalue weighted by Gasteiger charge is -3.45. The van der Waals surface area contributed by atoms with Crippen LogP contribution in [0.3, 0.4) is 0 Å². The van der Waals surface area contributed by atoms with Gasteiger partial charge in [0.15, 0.2) is 0 Å². The van der Waals surface area contributed by atoms with Crippen molar-refractivity contribution in [2.24, 2.45) is 126 Å². The standard InChI is InChI=1S/C28H23N/c1-5-6-2-10-14-18-16-12-4-8-7-3-11-15-17-13-9(1)19(5)20(6,10)23(14)22(13,19)25(17)24(15)21(7,11)28(8,29-12)27(16,24)26(18,23)25/h5-18,29H,1-4H2. The van der Waals surface area contributed by atoms with E-state index >= 15 is 0 Å². The average molecular weight is 373 g/mol. The summed E-state index contributed by atoms with van der Waals surface area (Å²) in [5.74, 6) is 16.9. The van der Waals surface area contributed by atoms with Gasteiger partial charge in [0.25, 0.3) is 0 Å². The Bertz CT molecular complexity index is 1450. The molecule has 1 N–H and O–H groups in total. The fourth-order valence-electron chi connectivity index (χ4n) is 26.5. The van der Waals surface area contributed by atoms with E-state index < -0.39 is 0 Å². The Morgan fingerprint density at radius 3 is 1.69 bits per heavy atom. The molecule has 18 rings (SSSR count). The first-order chi connectivity index (χ1) is 14.4. The van der Waals surface area contributed by atoms with Crippen molar-refractivity contribution >= 4 is 0 Å². The lowest BCUT2D eigenvalue weighted by Crippen LogP contribution is -3.44. The molecule has 24 unspecified atom stereocenters. The number of nitrogens with one attached hydrogen (secondary N) is 1. The minimum atomic E-state index is 0.800. The molecule has 2 heterocycles. The van der Waals surface area contributed by atoms with Crippen LogP contribution in [0.1, 0.15) is 25.7 Å². The summed E-state index contributed by atoms with van der Waals surface area (Å²) in [6.07, 6.45) is 6.91. The molecule has 2 bridgehead atoms. The molecular formula is C28H23N. The van der Waals surface area contributed by atoms with Crippen molar-refractivity contribution in [2.45, 2.75) is 37.3 Å². The van der Waals surface area contributed by atoms with Crippen molar-refractivity contribution < 1.29 is 0 Å². The average Bonchev–Trinajstić information content (AvgIpc) is 3.07. The third-order valence-electron chi connectivity index (χ3n) is 22.0. The van der Waals surface area contributed by atoms with Gasteiger partial charge in [0.2, 0.25) is 0 Å². The third-order valence-corrected chi connectivity index (χ3v) is 22.0. The molecule has 18 fully saturated rings. The van der Waals surface area contributed by atoms with Crippen molar-refractivity contribution in [3.8, 4) is 0 Å². The summed E-state index contributed by atoms with van der Waals surface area (Å²) in [5.41, 5.74) is 10.2. The van der Waals surface area contributed by atoms with Gasteiger partial charge in [-0.25, -0.2) is 0 Å². The van der Waals surface area contributed by atoms with Crippen molar-refractivity contribution in [2.75, 3.05) is 0 Å². The zero-order valence-corrected chi connectivity index (χ0v) is 16.4. The maximum absolute atomic E-state index is 4.64. The van der Waals surface area contributed by atoms with Gasteiger partial charge in [0.1, 0.15) is 0 Å². The molecule has 0 radical (unpaired) electrons. The summed E-state index contributed by atoms with van der Waals surface area (Å²) < 4.78 is 0. The van der Waals surface area contributed by atoms with E-state index in [1.807, 2.05) is 0 Å². The van der Waals surface area contributed by atoms with E-state index in [1.54, 1.807) is 25.7 Å². The molecule has 2 aliphatic heterocycles. The van der Waals surface area contributed by atoms with Crippen LogP contribution in [0, 0.1) is 126 Å². The summed E-state index contributed by atoms with van der Waals surface area (Å²) in [4.78, 5) is 0. The van der Waals surface area contributed by atoms with Gasteiger partial charge in [0, 0.05) is 22.4 Å². The Morgan fingerprint density at radius 2 is 0.966 bits per heavy atom. The van der Waals surface area contributed by atoms with Gasteiger partial charge in [-0.3, -0.25) is 0 Å². The summed E-state index contributed by atoms with van der Waals surface area (Å²) >= 11 is 0. The highest BCUT2D eigenvalue weighted by molar-refractivity contribution is 5.92. The van der Waals surface area contributed by atoms with Crippen LogP contribution in [-0.4, -0.2) is 11.6 Å². The second-order valence-corrected chi connectivity index (χ2v) is 17.4. The van der Waals surface area contributed by atoms with Crippen LogP contribution in [0.5, 0.6) is 0 Å². The van der Waals surface area contributed by atoms with Gasteiger partial charge in [0.05, 0.1) is 0 Å². The van der Waals surface area contributed by atoms with Gasteiger partial charge in [-0.1, -0.05) is 0 Å². The van der Waals surface area contributed by atoms with Crippen molar-refractivity contribution in [1.82, 2.24) is 5.32 Å². The summed E-state index contributed by atoms with van der Waals surface area (Å²) in [6.45, 7) is 0. The molecule has 18 aliphatic rings. The Kier molecular flexibility index (Phi) is 0.657. The molecule has 29 heavy (non-hydrogen) atoms. The van der Waals surface area contributed by atoms with Crippen LogP contribution in [0.2, 0.25) is 0 Å². The van der Waals surface area contributed by atoms with Gasteiger partial charge in [-0.05, 0) is 141 Å². The van der Waals surface area contributed by atoms with Crippen LogP contribution < -0.4 is 5.32 Å². The minimum Gasteiger partial charge on any atom is -0.307 e. The van der Waals surface area contributed by atoms with E-state index in [0.717, 1.165) is 60.3 Å². The zero-order valence-electron chi connectivity index (χ0n) is 16.4. The van der Waals surface area contributed by atoms with E-state index in [-0.39, 0.29) is 0 Å². The molecule has 0 aromatic heterocycles. The second-order valence-electron chi connectivity index (χ2n) is 17.4. The third kappa shape index (κ3) is 0.288. The van der Waals surface area contributed by atoms with Gasteiger partial charge in [-0.2, -0.15) is 0 Å². The molecule has 0 aromatic rings. The Labute approximate surface area is 168 Å². The summed E-state index contributed by atoms with van der Waals surface area (Å²) in [7, 11) is 0. The Balaban J connectivity index is 1.13. The number of hydrogen-bond donors (Lipinski definition) is 1. The molecule has 0 amide bonds. The molecule has 1 nitrogen and oxygen atoms in total. The first kappa shape index (κ1) is 10.7. The lowest BCUT2D eigenvalue weighted by molar-refractivity contribution is -0.994. The smallest absolute Gasteiger partial charge is 0.0354 e. The Morgan fingerprint density at radius 1 is 0.414 bits per heavy atom. The largest absolute Gasteiger partial charge is 0.307 e. The van der Waals surface area contributed by atoms with Gasteiger partial charge < -0.3 is 5.32 Å². The predicted octanol–water partition coefficient (Wildman–Crippen LogP) is 2.38. The molecule has 10 spiro atoms. The van der Waals surface area contributed by atoms with Crippen LogP contribution >= 0.6 is 0 Å². The molecular weight excluding hydrogens is 350 g/mol. The van der Waals surface area contributed by atoms with E-state index in [4.69, 9.17) is 0 Å². The van der Waals surface area contributed by atoms with E-state index in [2.05, 4.69) is 5.32 Å². The SMILES string of the molecule is C1C2NC34C1C1CC5C6C7C8C9CC%10C%11CC%12C%13C%14C2C32C6(C154)C71C83C%109C%11%12C%133C%1421. The van der Waals surface area contributed by atoms with E-state index in [0.29, 0.717) is 0 Å². The van der Waals surface area contributed by atoms with Crippen molar-refractivity contribution in [1.29, 1.82) is 0 Å². The monoisotopic (exact) mass is 373 g/mol. The number of hydrogen-bond acceptors (Lipinski definition) is 1. The first-order valence-corrected chi connectivity index (χ1v) is 14.1.